The molecule has 3 aliphatic heterocycles. The van der Waals surface area contributed by atoms with Crippen molar-refractivity contribution in [2.24, 2.45) is 0 Å². The van der Waals surface area contributed by atoms with Gasteiger partial charge in [0.05, 0.1) is 5.69 Å². The topological polar surface area (TPSA) is 49.6 Å². The van der Waals surface area contributed by atoms with Gasteiger partial charge < -0.3 is 15.5 Å². The van der Waals surface area contributed by atoms with E-state index in [0.717, 1.165) is 39.3 Å². The molecule has 0 saturated carbocycles. The van der Waals surface area contributed by atoms with Crippen LogP contribution in [0.3, 0.4) is 0 Å². The third-order valence-corrected chi connectivity index (χ3v) is 7.24. The Kier molecular flexibility index (Phi) is 3.41. The van der Waals surface area contributed by atoms with E-state index >= 15 is 0 Å². The smallest absolute Gasteiger partial charge is 0.255 e. The second kappa shape index (κ2) is 5.45. The number of hydrogen-bond donors (Lipinski definition) is 1. The molecule has 0 spiro atoms. The Morgan fingerprint density at radius 1 is 1.16 bits per heavy atom. The van der Waals surface area contributed by atoms with Gasteiger partial charge in [0.1, 0.15) is 0 Å². The highest BCUT2D eigenvalue weighted by atomic mass is 79.9. The summed E-state index contributed by atoms with van der Waals surface area (Å²) in [5, 5.41) is 2.03. The first kappa shape index (κ1) is 15.6. The lowest BCUT2D eigenvalue weighted by molar-refractivity contribution is 0.0452. The number of carbonyl (C=O) groups is 1. The number of amides is 1. The first-order chi connectivity index (χ1) is 12.0. The van der Waals surface area contributed by atoms with Gasteiger partial charge in [0.15, 0.2) is 0 Å². The van der Waals surface area contributed by atoms with E-state index in [-0.39, 0.29) is 5.91 Å². The van der Waals surface area contributed by atoms with Crippen molar-refractivity contribution in [2.45, 2.75) is 50.4 Å². The molecule has 3 aliphatic rings. The second-order valence-electron chi connectivity index (χ2n) is 7.77. The maximum absolute atomic E-state index is 13.3. The minimum Gasteiger partial charge on any atom is -0.397 e. The van der Waals surface area contributed by atoms with Crippen LogP contribution in [0.1, 0.15) is 41.6 Å². The van der Waals surface area contributed by atoms with Crippen molar-refractivity contribution in [1.82, 2.24) is 9.80 Å². The molecular formula is C20H22BrN3O. The maximum atomic E-state index is 13.3. The van der Waals surface area contributed by atoms with Crippen molar-refractivity contribution < 1.29 is 4.79 Å². The van der Waals surface area contributed by atoms with Gasteiger partial charge in [-0.1, -0.05) is 18.2 Å². The molecule has 2 saturated heterocycles. The van der Waals surface area contributed by atoms with Crippen LogP contribution in [0.4, 0.5) is 5.69 Å². The van der Waals surface area contributed by atoms with Crippen LogP contribution in [0.5, 0.6) is 0 Å². The van der Waals surface area contributed by atoms with E-state index in [4.69, 9.17) is 5.73 Å². The zero-order valence-electron chi connectivity index (χ0n) is 14.3. The molecule has 0 radical (unpaired) electrons. The zero-order chi connectivity index (χ0) is 17.3. The Hall–Kier alpha value is -1.59. The molecule has 2 N–H and O–H groups in total. The lowest BCUT2D eigenvalue weighted by Gasteiger charge is -2.43. The molecule has 0 aliphatic carbocycles. The standard InChI is InChI=1S/C20H22BrN3O/c1-23-12-5-6-13(23)8-14(7-12)24-10-11-3-2-4-15-18(11)16(20(24)25)9-17(21)19(15)22/h2-4,9,12-14H,5-8,10,22H2,1H3/t12-,13+,14+. The maximum Gasteiger partial charge on any atom is 0.255 e. The van der Waals surface area contributed by atoms with Crippen molar-refractivity contribution in [1.29, 1.82) is 0 Å². The first-order valence-electron chi connectivity index (χ1n) is 9.07. The monoisotopic (exact) mass is 399 g/mol. The SMILES string of the molecule is CN1[C@@H]2CC[C@H]1C[C@@H](N1Cc3cccc4c(N)c(Br)cc(c34)C1=O)C2. The fourth-order valence-corrected chi connectivity index (χ4v) is 5.63. The number of nitrogens with zero attached hydrogens (tertiary/aromatic N) is 2. The largest absolute Gasteiger partial charge is 0.397 e. The predicted molar refractivity (Wildman–Crippen MR) is 104 cm³/mol. The summed E-state index contributed by atoms with van der Waals surface area (Å²) < 4.78 is 0.811. The Labute approximate surface area is 156 Å². The molecule has 2 aromatic rings. The molecule has 5 rings (SSSR count). The lowest BCUT2D eigenvalue weighted by atomic mass is 9.90. The third kappa shape index (κ3) is 2.18. The number of rotatable bonds is 1. The van der Waals surface area contributed by atoms with Crippen molar-refractivity contribution in [3.63, 3.8) is 0 Å². The Morgan fingerprint density at radius 3 is 2.60 bits per heavy atom. The number of hydrogen-bond acceptors (Lipinski definition) is 3. The minimum absolute atomic E-state index is 0.165. The molecule has 2 aromatic carbocycles. The molecule has 2 bridgehead atoms. The van der Waals surface area contributed by atoms with Crippen molar-refractivity contribution >= 4 is 38.3 Å². The summed E-state index contributed by atoms with van der Waals surface area (Å²) in [6, 6.07) is 9.73. The van der Waals surface area contributed by atoms with E-state index in [2.05, 4.69) is 44.9 Å². The summed E-state index contributed by atoms with van der Waals surface area (Å²) in [6.07, 6.45) is 4.74. The molecular weight excluding hydrogens is 378 g/mol. The Morgan fingerprint density at radius 2 is 1.88 bits per heavy atom. The highest BCUT2D eigenvalue weighted by molar-refractivity contribution is 9.10. The molecule has 5 heteroatoms. The molecule has 0 unspecified atom stereocenters. The number of benzene rings is 2. The number of halogens is 1. The van der Waals surface area contributed by atoms with Gasteiger partial charge in [0.25, 0.3) is 5.91 Å². The zero-order valence-corrected chi connectivity index (χ0v) is 15.9. The summed E-state index contributed by atoms with van der Waals surface area (Å²) in [6.45, 7) is 0.706. The second-order valence-corrected chi connectivity index (χ2v) is 8.62. The van der Waals surface area contributed by atoms with Crippen molar-refractivity contribution in [3.8, 4) is 0 Å². The van der Waals surface area contributed by atoms with Crippen LogP contribution >= 0.6 is 15.9 Å². The van der Waals surface area contributed by atoms with Gasteiger partial charge in [-0.25, -0.2) is 0 Å². The summed E-state index contributed by atoms with van der Waals surface area (Å²) in [4.78, 5) is 18.0. The lowest BCUT2D eigenvalue weighted by Crippen LogP contribution is -2.51. The predicted octanol–water partition coefficient (Wildman–Crippen LogP) is 3.77. The number of fused-ring (bicyclic) bond motifs is 2. The number of nitrogens with two attached hydrogens (primary N) is 1. The van der Waals surface area contributed by atoms with Crippen LogP contribution in [0.15, 0.2) is 28.7 Å². The van der Waals surface area contributed by atoms with E-state index in [1.165, 1.54) is 18.4 Å². The van der Waals surface area contributed by atoms with Crippen LogP contribution < -0.4 is 5.73 Å². The molecule has 3 heterocycles. The van der Waals surface area contributed by atoms with Gasteiger partial charge >= 0.3 is 0 Å². The number of nitrogen functional groups attached to an aromatic ring is 1. The summed E-state index contributed by atoms with van der Waals surface area (Å²) in [7, 11) is 2.24. The average molecular weight is 400 g/mol. The average Bonchev–Trinajstić information content (AvgIpc) is 2.83. The van der Waals surface area contributed by atoms with Crippen LogP contribution in [0.25, 0.3) is 10.8 Å². The highest BCUT2D eigenvalue weighted by Gasteiger charge is 2.42. The molecule has 1 amide bonds. The number of anilines is 1. The fraction of sp³-hybridized carbons (Fsp3) is 0.450. The van der Waals surface area contributed by atoms with E-state index in [9.17, 15) is 4.79 Å². The molecule has 2 fully saturated rings. The Bertz CT molecular complexity index is 882. The van der Waals surface area contributed by atoms with Gasteiger partial charge in [-0.05, 0) is 60.3 Å². The van der Waals surface area contributed by atoms with Gasteiger partial charge in [0.2, 0.25) is 0 Å². The van der Waals surface area contributed by atoms with E-state index in [1.807, 2.05) is 12.1 Å². The quantitative estimate of drug-likeness (QED) is 0.742. The van der Waals surface area contributed by atoms with Crippen LogP contribution in [0.2, 0.25) is 0 Å². The van der Waals surface area contributed by atoms with E-state index < -0.39 is 0 Å². The highest BCUT2D eigenvalue weighted by Crippen LogP contribution is 2.41. The molecule has 130 valence electrons. The van der Waals surface area contributed by atoms with Crippen molar-refractivity contribution in [3.05, 3.63) is 39.9 Å². The van der Waals surface area contributed by atoms with E-state index in [1.54, 1.807) is 0 Å². The van der Waals surface area contributed by atoms with Crippen LogP contribution in [-0.4, -0.2) is 40.9 Å². The van der Waals surface area contributed by atoms with Crippen molar-refractivity contribution in [2.75, 3.05) is 12.8 Å². The fourth-order valence-electron chi connectivity index (χ4n) is 5.19. The number of carbonyl (C=O) groups excluding carboxylic acids is 1. The minimum atomic E-state index is 0.165. The van der Waals surface area contributed by atoms with E-state index in [0.29, 0.717) is 24.7 Å². The molecule has 25 heavy (non-hydrogen) atoms. The van der Waals surface area contributed by atoms with Gasteiger partial charge in [-0.15, -0.1) is 0 Å². The van der Waals surface area contributed by atoms with Crippen LogP contribution in [-0.2, 0) is 6.54 Å². The van der Waals surface area contributed by atoms with Gasteiger partial charge in [-0.3, -0.25) is 4.79 Å². The summed E-state index contributed by atoms with van der Waals surface area (Å²) in [5.41, 5.74) is 8.98. The van der Waals surface area contributed by atoms with Gasteiger partial charge in [-0.2, -0.15) is 0 Å². The van der Waals surface area contributed by atoms with Gasteiger partial charge in [0, 0.05) is 45.5 Å². The summed E-state index contributed by atoms with van der Waals surface area (Å²) >= 11 is 3.53. The normalized spacial score (nSPS) is 28.8. The summed E-state index contributed by atoms with van der Waals surface area (Å²) in [5.74, 6) is 0.165. The Balaban J connectivity index is 1.58. The number of piperidine rings is 1. The molecule has 0 aromatic heterocycles. The molecule has 3 atom stereocenters. The first-order valence-corrected chi connectivity index (χ1v) is 9.86. The van der Waals surface area contributed by atoms with Crippen LogP contribution in [0, 0.1) is 0 Å². The molecule has 4 nitrogen and oxygen atoms in total. The third-order valence-electron chi connectivity index (χ3n) is 6.58.